The van der Waals surface area contributed by atoms with Gasteiger partial charge in [-0.25, -0.2) is 4.39 Å². The molecule has 148 valence electrons. The third-order valence-electron chi connectivity index (χ3n) is 4.35. The number of aromatic nitrogens is 1. The molecule has 0 saturated carbocycles. The molecule has 2 aromatic carbocycles. The van der Waals surface area contributed by atoms with Crippen molar-refractivity contribution >= 4 is 34.0 Å². The lowest BCUT2D eigenvalue weighted by Gasteiger charge is -2.14. The van der Waals surface area contributed by atoms with Crippen molar-refractivity contribution in [2.45, 2.75) is 26.8 Å². The van der Waals surface area contributed by atoms with E-state index in [4.69, 9.17) is 11.6 Å². The van der Waals surface area contributed by atoms with Crippen molar-refractivity contribution in [1.82, 2.24) is 4.57 Å². The number of hydrogen-bond donors (Lipinski definition) is 2. The molecule has 3 rings (SSSR count). The number of benzene rings is 2. The molecule has 2 N–H and O–H groups in total. The van der Waals surface area contributed by atoms with Gasteiger partial charge >= 0.3 is 0 Å². The van der Waals surface area contributed by atoms with Crippen LogP contribution in [-0.4, -0.2) is 22.2 Å². The Balaban J connectivity index is 0.00000280. The van der Waals surface area contributed by atoms with E-state index < -0.39 is 11.7 Å². The van der Waals surface area contributed by atoms with Crippen molar-refractivity contribution in [1.29, 1.82) is 0 Å². The van der Waals surface area contributed by atoms with Gasteiger partial charge in [-0.05, 0) is 42.8 Å². The lowest BCUT2D eigenvalue weighted by molar-refractivity contribution is -0.115. The van der Waals surface area contributed by atoms with Crippen LogP contribution >= 0.6 is 11.6 Å². The minimum atomic E-state index is -0.545. The summed E-state index contributed by atoms with van der Waals surface area (Å²) in [5, 5.41) is 13.3. The number of carbonyl (C=O) groups is 1. The second kappa shape index (κ2) is 8.99. The summed E-state index contributed by atoms with van der Waals surface area (Å²) < 4.78 is 15.3. The number of halogens is 2. The van der Waals surface area contributed by atoms with E-state index in [2.05, 4.69) is 5.32 Å². The number of nitrogens with zero attached hydrogens (tertiary/aromatic N) is 1. The molecule has 7 heteroatoms. The van der Waals surface area contributed by atoms with E-state index in [0.29, 0.717) is 16.5 Å². The van der Waals surface area contributed by atoms with Gasteiger partial charge in [-0.15, -0.1) is 0 Å². The standard InChI is InChI=1S/C20H18ClFN2O3.CH4/c1-12(11-25)24-8-7-15-16(20(24)27)3-2-4-18(15)23-19(26)9-13-5-6-14(21)10-17(13)22;/h2-8,10,12,25H,9,11H2,1H3,(H,23,26);1H4/t12-;/m1./s1. The van der Waals surface area contributed by atoms with Crippen molar-refractivity contribution in [2.24, 2.45) is 0 Å². The molecule has 0 aliphatic heterocycles. The van der Waals surface area contributed by atoms with Gasteiger partial charge in [0, 0.05) is 27.7 Å². The maximum atomic E-state index is 13.9. The van der Waals surface area contributed by atoms with Crippen molar-refractivity contribution in [3.8, 4) is 0 Å². The zero-order chi connectivity index (χ0) is 19.6. The minimum Gasteiger partial charge on any atom is -0.394 e. The first kappa shape index (κ1) is 21.6. The van der Waals surface area contributed by atoms with Gasteiger partial charge in [0.05, 0.1) is 19.1 Å². The fraction of sp³-hybridized carbons (Fsp3) is 0.238. The van der Waals surface area contributed by atoms with Crippen LogP contribution in [0, 0.1) is 5.82 Å². The van der Waals surface area contributed by atoms with Gasteiger partial charge in [0.25, 0.3) is 5.56 Å². The van der Waals surface area contributed by atoms with E-state index in [1.165, 1.54) is 16.7 Å². The minimum absolute atomic E-state index is 0. The summed E-state index contributed by atoms with van der Waals surface area (Å²) in [6, 6.07) is 10.5. The average molecular weight is 405 g/mol. The Labute approximate surface area is 167 Å². The second-order valence-corrected chi connectivity index (χ2v) is 6.72. The molecule has 1 aromatic heterocycles. The fourth-order valence-electron chi connectivity index (χ4n) is 2.87. The summed E-state index contributed by atoms with van der Waals surface area (Å²) in [6.45, 7) is 1.58. The number of anilines is 1. The SMILES string of the molecule is C.C[C@H](CO)n1ccc2c(NC(=O)Cc3ccc(Cl)cc3F)cccc2c1=O. The van der Waals surface area contributed by atoms with Gasteiger partial charge in [-0.1, -0.05) is 31.2 Å². The first-order chi connectivity index (χ1) is 12.9. The van der Waals surface area contributed by atoms with E-state index in [-0.39, 0.29) is 42.6 Å². The summed E-state index contributed by atoms with van der Waals surface area (Å²) in [5.41, 5.74) is 0.443. The van der Waals surface area contributed by atoms with E-state index in [1.807, 2.05) is 0 Å². The van der Waals surface area contributed by atoms with Gasteiger partial charge in [-0.3, -0.25) is 9.59 Å². The molecule has 3 aromatic rings. The zero-order valence-corrected chi connectivity index (χ0v) is 15.3. The Morgan fingerprint density at radius 3 is 2.68 bits per heavy atom. The third-order valence-corrected chi connectivity index (χ3v) is 4.59. The molecule has 1 amide bonds. The quantitative estimate of drug-likeness (QED) is 0.670. The number of rotatable bonds is 5. The highest BCUT2D eigenvalue weighted by Crippen LogP contribution is 2.22. The van der Waals surface area contributed by atoms with E-state index in [9.17, 15) is 19.1 Å². The van der Waals surface area contributed by atoms with Gasteiger partial charge in [0.15, 0.2) is 0 Å². The maximum Gasteiger partial charge on any atom is 0.258 e. The van der Waals surface area contributed by atoms with Crippen LogP contribution in [0.3, 0.4) is 0 Å². The fourth-order valence-corrected chi connectivity index (χ4v) is 3.03. The van der Waals surface area contributed by atoms with Crippen LogP contribution in [0.25, 0.3) is 10.8 Å². The van der Waals surface area contributed by atoms with Crippen LogP contribution < -0.4 is 10.9 Å². The predicted octanol–water partition coefficient (Wildman–Crippen LogP) is 4.16. The molecule has 28 heavy (non-hydrogen) atoms. The number of aliphatic hydroxyl groups excluding tert-OH is 1. The summed E-state index contributed by atoms with van der Waals surface area (Å²) in [6.07, 6.45) is 1.43. The highest BCUT2D eigenvalue weighted by molar-refractivity contribution is 6.30. The molecule has 0 saturated heterocycles. The van der Waals surface area contributed by atoms with Crippen LogP contribution in [0.4, 0.5) is 10.1 Å². The molecule has 0 aliphatic rings. The Kier molecular flexibility index (Phi) is 6.94. The highest BCUT2D eigenvalue weighted by atomic mass is 35.5. The number of pyridine rings is 1. The number of hydrogen-bond acceptors (Lipinski definition) is 3. The van der Waals surface area contributed by atoms with Crippen LogP contribution in [0.15, 0.2) is 53.5 Å². The first-order valence-electron chi connectivity index (χ1n) is 8.39. The Morgan fingerprint density at radius 1 is 1.25 bits per heavy atom. The molecule has 0 unspecified atom stereocenters. The normalized spacial score (nSPS) is 11.7. The number of aliphatic hydroxyl groups is 1. The van der Waals surface area contributed by atoms with Gasteiger partial charge in [0.1, 0.15) is 5.82 Å². The lowest BCUT2D eigenvalue weighted by Crippen LogP contribution is -2.25. The average Bonchev–Trinajstić information content (AvgIpc) is 2.64. The van der Waals surface area contributed by atoms with Crippen LogP contribution in [-0.2, 0) is 11.2 Å². The van der Waals surface area contributed by atoms with E-state index in [1.54, 1.807) is 37.4 Å². The monoisotopic (exact) mass is 404 g/mol. The van der Waals surface area contributed by atoms with Crippen LogP contribution in [0.2, 0.25) is 5.02 Å². The molecule has 0 spiro atoms. The first-order valence-corrected chi connectivity index (χ1v) is 8.77. The Morgan fingerprint density at radius 2 is 2.00 bits per heavy atom. The summed E-state index contributed by atoms with van der Waals surface area (Å²) in [7, 11) is 0. The zero-order valence-electron chi connectivity index (χ0n) is 14.6. The topological polar surface area (TPSA) is 71.3 Å². The van der Waals surface area contributed by atoms with Crippen molar-refractivity contribution in [3.63, 3.8) is 0 Å². The number of amides is 1. The second-order valence-electron chi connectivity index (χ2n) is 6.29. The predicted molar refractivity (Wildman–Crippen MR) is 110 cm³/mol. The molecule has 0 bridgehead atoms. The Hall–Kier alpha value is -2.70. The van der Waals surface area contributed by atoms with Crippen molar-refractivity contribution < 1.29 is 14.3 Å². The van der Waals surface area contributed by atoms with Crippen molar-refractivity contribution in [2.75, 3.05) is 11.9 Å². The maximum absolute atomic E-state index is 13.9. The molecular formula is C21H22ClFN2O3. The highest BCUT2D eigenvalue weighted by Gasteiger charge is 2.13. The summed E-state index contributed by atoms with van der Waals surface area (Å²) in [4.78, 5) is 25.0. The Bertz CT molecular complexity index is 1070. The molecule has 0 radical (unpaired) electrons. The van der Waals surface area contributed by atoms with Gasteiger partial charge < -0.3 is 15.0 Å². The van der Waals surface area contributed by atoms with Crippen LogP contribution in [0.5, 0.6) is 0 Å². The van der Waals surface area contributed by atoms with Crippen LogP contribution in [0.1, 0.15) is 26.0 Å². The van der Waals surface area contributed by atoms with E-state index >= 15 is 0 Å². The lowest BCUT2D eigenvalue weighted by atomic mass is 10.1. The molecule has 1 atom stereocenters. The van der Waals surface area contributed by atoms with Gasteiger partial charge in [0.2, 0.25) is 5.91 Å². The number of nitrogens with one attached hydrogen (secondary N) is 1. The largest absolute Gasteiger partial charge is 0.394 e. The third kappa shape index (κ3) is 4.40. The smallest absolute Gasteiger partial charge is 0.258 e. The summed E-state index contributed by atoms with van der Waals surface area (Å²) >= 11 is 5.72. The molecule has 0 aliphatic carbocycles. The molecule has 0 fully saturated rings. The van der Waals surface area contributed by atoms with E-state index in [0.717, 1.165) is 6.07 Å². The molecule has 5 nitrogen and oxygen atoms in total. The molecule has 1 heterocycles. The van der Waals surface area contributed by atoms with Gasteiger partial charge in [-0.2, -0.15) is 0 Å². The number of carbonyl (C=O) groups excluding carboxylic acids is 1. The summed E-state index contributed by atoms with van der Waals surface area (Å²) in [5.74, 6) is -0.951. The van der Waals surface area contributed by atoms with Crippen molar-refractivity contribution in [3.05, 3.63) is 75.4 Å². The molecular weight excluding hydrogens is 383 g/mol. The number of fused-ring (bicyclic) bond motifs is 1.